The number of hydrogen-bond donors (Lipinski definition) is 3. The van der Waals surface area contributed by atoms with E-state index in [0.717, 1.165) is 31.2 Å². The summed E-state index contributed by atoms with van der Waals surface area (Å²) in [7, 11) is 1.68. The third-order valence-electron chi connectivity index (χ3n) is 8.08. The van der Waals surface area contributed by atoms with Crippen LogP contribution in [-0.4, -0.2) is 91.9 Å². The van der Waals surface area contributed by atoms with E-state index in [1.54, 1.807) is 30.4 Å². The van der Waals surface area contributed by atoms with Crippen LogP contribution in [0.2, 0.25) is 0 Å². The number of Topliss-reactive ketones (excluding diaryl/α,β-unsaturated/α-hetero) is 1. The molecule has 0 radical (unpaired) electrons. The van der Waals surface area contributed by atoms with Crippen molar-refractivity contribution in [2.24, 2.45) is 17.8 Å². The van der Waals surface area contributed by atoms with Crippen LogP contribution in [0.5, 0.6) is 0 Å². The summed E-state index contributed by atoms with van der Waals surface area (Å²) in [5, 5.41) is 8.57. The van der Waals surface area contributed by atoms with E-state index in [4.69, 9.17) is 9.47 Å². The third kappa shape index (κ3) is 11.0. The van der Waals surface area contributed by atoms with Crippen LogP contribution in [0.4, 0.5) is 0 Å². The Morgan fingerprint density at radius 1 is 0.953 bits per heavy atom. The molecule has 3 N–H and O–H groups in total. The van der Waals surface area contributed by atoms with Gasteiger partial charge in [-0.3, -0.25) is 29.0 Å². The second kappa shape index (κ2) is 17.7. The molecular formula is C31H47N5O7. The number of ether oxygens (including phenoxy) is 2. The highest BCUT2D eigenvalue weighted by Gasteiger charge is 2.42. The Balaban J connectivity index is 1.16. The van der Waals surface area contributed by atoms with E-state index >= 15 is 0 Å². The lowest BCUT2D eigenvalue weighted by Gasteiger charge is -2.29. The van der Waals surface area contributed by atoms with E-state index in [2.05, 4.69) is 20.9 Å². The molecule has 12 nitrogen and oxygen atoms in total. The molecule has 1 aromatic heterocycles. The van der Waals surface area contributed by atoms with Gasteiger partial charge in [0, 0.05) is 69.7 Å². The summed E-state index contributed by atoms with van der Waals surface area (Å²) in [6, 6.07) is 3.37. The zero-order valence-electron chi connectivity index (χ0n) is 25.6. The third-order valence-corrected chi connectivity index (χ3v) is 8.08. The Bertz CT molecular complexity index is 1080. The smallest absolute Gasteiger partial charge is 0.226 e. The minimum Gasteiger partial charge on any atom is -0.379 e. The Morgan fingerprint density at radius 3 is 2.35 bits per heavy atom. The number of ketones is 1. The van der Waals surface area contributed by atoms with Crippen molar-refractivity contribution in [1.29, 1.82) is 0 Å². The SMILES string of the molecule is CC(C)C(=O)C1CCC(NC(=O)CCOCCOCCNC(=O)CCNC(=O)[C@H]2CC(=O)N(C)[C@@H]2c2cccnc2)CC1. The molecule has 3 rings (SSSR count). The van der Waals surface area contributed by atoms with Crippen molar-refractivity contribution < 1.29 is 33.4 Å². The van der Waals surface area contributed by atoms with Gasteiger partial charge in [-0.1, -0.05) is 19.9 Å². The van der Waals surface area contributed by atoms with Crippen LogP contribution in [0.3, 0.4) is 0 Å². The molecule has 2 aliphatic rings. The van der Waals surface area contributed by atoms with E-state index < -0.39 is 5.92 Å². The van der Waals surface area contributed by atoms with Crippen LogP contribution >= 0.6 is 0 Å². The molecule has 0 bridgehead atoms. The lowest BCUT2D eigenvalue weighted by Crippen LogP contribution is -2.39. The fourth-order valence-corrected chi connectivity index (χ4v) is 5.67. The normalized spacial score (nSPS) is 22.0. The van der Waals surface area contributed by atoms with Crippen molar-refractivity contribution in [2.75, 3.05) is 46.6 Å². The van der Waals surface area contributed by atoms with Gasteiger partial charge in [0.15, 0.2) is 0 Å². The quantitative estimate of drug-likeness (QED) is 0.227. The standard InChI is InChI=1S/C31H47N5O7/c1-21(2)30(40)22-6-8-24(9-7-22)35-27(38)11-15-42-17-18-43-16-14-33-26(37)10-13-34-31(41)25-19-28(39)36(3)29(25)23-5-4-12-32-20-23/h4-5,12,20-22,24-25,29H,6-11,13-19H2,1-3H3,(H,33,37)(H,34,41)(H,35,38)/t22?,24?,25-,29+/m0/s1. The molecule has 4 amide bonds. The molecule has 1 aliphatic carbocycles. The summed E-state index contributed by atoms with van der Waals surface area (Å²) in [5.74, 6) is -0.646. The fraction of sp³-hybridized carbons (Fsp3) is 0.677. The van der Waals surface area contributed by atoms with E-state index in [-0.39, 0.29) is 73.4 Å². The molecule has 2 fully saturated rings. The van der Waals surface area contributed by atoms with Gasteiger partial charge in [0.2, 0.25) is 23.6 Å². The van der Waals surface area contributed by atoms with Crippen LogP contribution in [0.15, 0.2) is 24.5 Å². The maximum absolute atomic E-state index is 12.8. The predicted molar refractivity (Wildman–Crippen MR) is 158 cm³/mol. The van der Waals surface area contributed by atoms with Gasteiger partial charge >= 0.3 is 0 Å². The first-order valence-electron chi connectivity index (χ1n) is 15.4. The second-order valence-corrected chi connectivity index (χ2v) is 11.6. The molecule has 1 aliphatic heterocycles. The van der Waals surface area contributed by atoms with Crippen molar-refractivity contribution in [1.82, 2.24) is 25.8 Å². The average molecular weight is 602 g/mol. The molecule has 1 saturated carbocycles. The number of hydrogen-bond acceptors (Lipinski definition) is 8. The maximum Gasteiger partial charge on any atom is 0.226 e. The van der Waals surface area contributed by atoms with Gasteiger partial charge in [-0.25, -0.2) is 0 Å². The minimum absolute atomic E-state index is 0.0455. The number of nitrogens with zero attached hydrogens (tertiary/aromatic N) is 2. The predicted octanol–water partition coefficient (Wildman–Crippen LogP) is 1.55. The van der Waals surface area contributed by atoms with Gasteiger partial charge in [-0.15, -0.1) is 0 Å². The van der Waals surface area contributed by atoms with E-state index in [1.165, 1.54) is 0 Å². The number of carbonyl (C=O) groups is 5. The van der Waals surface area contributed by atoms with Crippen molar-refractivity contribution >= 4 is 29.4 Å². The largest absolute Gasteiger partial charge is 0.379 e. The summed E-state index contributed by atoms with van der Waals surface area (Å²) in [6.45, 7) is 5.66. The van der Waals surface area contributed by atoms with Gasteiger partial charge in [0.05, 0.1) is 38.4 Å². The number of amides is 4. The van der Waals surface area contributed by atoms with E-state index in [0.29, 0.717) is 38.8 Å². The molecule has 1 aromatic rings. The first kappa shape index (κ1) is 34.1. The van der Waals surface area contributed by atoms with Gasteiger partial charge in [0.25, 0.3) is 0 Å². The summed E-state index contributed by atoms with van der Waals surface area (Å²) >= 11 is 0. The highest BCUT2D eigenvalue weighted by molar-refractivity contribution is 5.90. The fourth-order valence-electron chi connectivity index (χ4n) is 5.67. The minimum atomic E-state index is -0.540. The molecule has 12 heteroatoms. The number of nitrogens with one attached hydrogen (secondary N) is 3. The molecule has 2 atom stereocenters. The first-order valence-corrected chi connectivity index (χ1v) is 15.4. The molecule has 0 unspecified atom stereocenters. The maximum atomic E-state index is 12.8. The van der Waals surface area contributed by atoms with Crippen molar-refractivity contribution in [3.63, 3.8) is 0 Å². The number of pyridine rings is 1. The van der Waals surface area contributed by atoms with Crippen LogP contribution in [-0.2, 0) is 33.4 Å². The number of likely N-dealkylation sites (tertiary alicyclic amines) is 1. The number of aromatic nitrogens is 1. The van der Waals surface area contributed by atoms with Crippen LogP contribution < -0.4 is 16.0 Å². The summed E-state index contributed by atoms with van der Waals surface area (Å²) in [5.41, 5.74) is 0.801. The second-order valence-electron chi connectivity index (χ2n) is 11.6. The average Bonchev–Trinajstić information content (AvgIpc) is 3.30. The van der Waals surface area contributed by atoms with Crippen molar-refractivity contribution in [2.45, 2.75) is 70.9 Å². The zero-order chi connectivity index (χ0) is 31.2. The molecule has 2 heterocycles. The van der Waals surface area contributed by atoms with Crippen molar-refractivity contribution in [3.05, 3.63) is 30.1 Å². The number of carbonyl (C=O) groups excluding carboxylic acids is 5. The summed E-state index contributed by atoms with van der Waals surface area (Å²) < 4.78 is 10.9. The van der Waals surface area contributed by atoms with E-state index in [1.807, 2.05) is 19.9 Å². The first-order chi connectivity index (χ1) is 20.7. The topological polar surface area (TPSA) is 156 Å². The lowest BCUT2D eigenvalue weighted by atomic mass is 9.80. The van der Waals surface area contributed by atoms with Gasteiger partial charge in [-0.2, -0.15) is 0 Å². The van der Waals surface area contributed by atoms with Crippen LogP contribution in [0.1, 0.15) is 70.4 Å². The molecule has 1 saturated heterocycles. The molecule has 0 aromatic carbocycles. The Kier molecular flexibility index (Phi) is 14.0. The van der Waals surface area contributed by atoms with E-state index in [9.17, 15) is 24.0 Å². The van der Waals surface area contributed by atoms with Gasteiger partial charge < -0.3 is 30.3 Å². The van der Waals surface area contributed by atoms with Gasteiger partial charge in [-0.05, 0) is 37.3 Å². The Labute approximate surface area is 254 Å². The molecule has 0 spiro atoms. The Hall–Kier alpha value is -3.38. The monoisotopic (exact) mass is 601 g/mol. The molecular weight excluding hydrogens is 554 g/mol. The summed E-state index contributed by atoms with van der Waals surface area (Å²) in [6.07, 6.45) is 7.15. The lowest BCUT2D eigenvalue weighted by molar-refractivity contribution is -0.128. The summed E-state index contributed by atoms with van der Waals surface area (Å²) in [4.78, 5) is 67.1. The molecule has 43 heavy (non-hydrogen) atoms. The molecule has 238 valence electrons. The van der Waals surface area contributed by atoms with Crippen LogP contribution in [0.25, 0.3) is 0 Å². The highest BCUT2D eigenvalue weighted by atomic mass is 16.5. The number of rotatable bonds is 17. The van der Waals surface area contributed by atoms with Crippen molar-refractivity contribution in [3.8, 4) is 0 Å². The zero-order valence-corrected chi connectivity index (χ0v) is 25.6. The Morgan fingerprint density at radius 2 is 1.67 bits per heavy atom. The van der Waals surface area contributed by atoms with Gasteiger partial charge in [0.1, 0.15) is 5.78 Å². The van der Waals surface area contributed by atoms with Crippen LogP contribution in [0, 0.1) is 17.8 Å². The highest BCUT2D eigenvalue weighted by Crippen LogP contribution is 2.36.